The average molecular weight is 446 g/mol. The van der Waals surface area contributed by atoms with E-state index in [2.05, 4.69) is 23.6 Å². The second-order valence-electron chi connectivity index (χ2n) is 10.3. The quantitative estimate of drug-likeness (QED) is 0.550. The van der Waals surface area contributed by atoms with Crippen LogP contribution in [0, 0.1) is 17.7 Å². The van der Waals surface area contributed by atoms with Gasteiger partial charge in [0, 0.05) is 44.4 Å². The summed E-state index contributed by atoms with van der Waals surface area (Å²) in [6.45, 7) is 11.5. The van der Waals surface area contributed by atoms with Gasteiger partial charge in [-0.05, 0) is 69.2 Å². The highest BCUT2D eigenvalue weighted by Gasteiger charge is 2.34. The number of carbonyl (C=O) groups excluding carboxylic acids is 1. The normalized spacial score (nSPS) is 27.8. The van der Waals surface area contributed by atoms with E-state index in [9.17, 15) is 9.18 Å². The fraction of sp³-hybridized carbons (Fsp3) is 0.731. The van der Waals surface area contributed by atoms with Crippen LogP contribution >= 0.6 is 0 Å². The maximum Gasteiger partial charge on any atom is 0.227 e. The first kappa shape index (κ1) is 23.5. The van der Waals surface area contributed by atoms with Gasteiger partial charge in [0.05, 0.1) is 12.6 Å². The maximum absolute atomic E-state index is 14.8. The second kappa shape index (κ2) is 11.0. The van der Waals surface area contributed by atoms with Gasteiger partial charge in [0.2, 0.25) is 5.91 Å². The summed E-state index contributed by atoms with van der Waals surface area (Å²) in [5.41, 5.74) is 0.663. The molecule has 3 atom stereocenters. The molecule has 0 N–H and O–H groups in total. The Labute approximate surface area is 192 Å². The van der Waals surface area contributed by atoms with Gasteiger partial charge in [0.1, 0.15) is 0 Å². The van der Waals surface area contributed by atoms with Crippen LogP contribution in [-0.4, -0.2) is 67.6 Å². The number of ether oxygens (including phenoxy) is 1. The molecule has 3 saturated heterocycles. The standard InChI is InChI=1S/C26H40FN3O2/c1-20-15-21(2)18-29(17-20)13-6-14-32-25-9-7-22(16-24(25)27)30-23(8-10-26(30)31)19-28-11-4-3-5-12-28/h7,9,16,20-21,23H,3-6,8,10-15,17-19H2,1-2H3. The lowest BCUT2D eigenvalue weighted by molar-refractivity contribution is -0.117. The predicted octanol–water partition coefficient (Wildman–Crippen LogP) is 4.55. The van der Waals surface area contributed by atoms with Crippen LogP contribution in [0.25, 0.3) is 0 Å². The molecule has 0 radical (unpaired) electrons. The number of amides is 1. The van der Waals surface area contributed by atoms with E-state index in [1.54, 1.807) is 6.07 Å². The number of rotatable bonds is 8. The average Bonchev–Trinajstić information content (AvgIpc) is 3.12. The number of nitrogens with zero attached hydrogens (tertiary/aromatic N) is 3. The number of piperidine rings is 2. The predicted molar refractivity (Wildman–Crippen MR) is 127 cm³/mol. The summed E-state index contributed by atoms with van der Waals surface area (Å²) in [5.74, 6) is 1.51. The Bertz CT molecular complexity index is 757. The number of benzene rings is 1. The van der Waals surface area contributed by atoms with Gasteiger partial charge in [0.15, 0.2) is 11.6 Å². The fourth-order valence-corrected chi connectivity index (χ4v) is 5.91. The number of anilines is 1. The van der Waals surface area contributed by atoms with Crippen molar-refractivity contribution < 1.29 is 13.9 Å². The molecule has 1 amide bonds. The molecule has 1 aromatic rings. The lowest BCUT2D eigenvalue weighted by atomic mass is 9.92. The zero-order valence-corrected chi connectivity index (χ0v) is 19.9. The summed E-state index contributed by atoms with van der Waals surface area (Å²) in [6, 6.07) is 5.16. The first-order chi connectivity index (χ1) is 15.5. The van der Waals surface area contributed by atoms with Crippen LogP contribution in [-0.2, 0) is 4.79 Å². The van der Waals surface area contributed by atoms with Crippen molar-refractivity contribution in [2.45, 2.75) is 64.8 Å². The summed E-state index contributed by atoms with van der Waals surface area (Å²) < 4.78 is 20.6. The molecule has 3 heterocycles. The molecular weight excluding hydrogens is 405 g/mol. The number of hydrogen-bond acceptors (Lipinski definition) is 4. The highest BCUT2D eigenvalue weighted by atomic mass is 19.1. The minimum Gasteiger partial charge on any atom is -0.490 e. The molecule has 0 saturated carbocycles. The Morgan fingerprint density at radius 1 is 1.06 bits per heavy atom. The third kappa shape index (κ3) is 6.02. The van der Waals surface area contributed by atoms with Crippen molar-refractivity contribution >= 4 is 11.6 Å². The summed E-state index contributed by atoms with van der Waals surface area (Å²) in [4.78, 5) is 19.4. The zero-order chi connectivity index (χ0) is 22.5. The van der Waals surface area contributed by atoms with Crippen molar-refractivity contribution in [2.75, 3.05) is 50.8 Å². The van der Waals surface area contributed by atoms with Crippen LogP contribution in [0.4, 0.5) is 10.1 Å². The maximum atomic E-state index is 14.8. The van der Waals surface area contributed by atoms with E-state index in [4.69, 9.17) is 4.74 Å². The molecule has 178 valence electrons. The number of likely N-dealkylation sites (tertiary alicyclic amines) is 2. The number of carbonyl (C=O) groups is 1. The fourth-order valence-electron chi connectivity index (χ4n) is 5.91. The van der Waals surface area contributed by atoms with E-state index in [1.807, 2.05) is 11.0 Å². The lowest BCUT2D eigenvalue weighted by Crippen LogP contribution is -2.43. The van der Waals surface area contributed by atoms with Crippen molar-refractivity contribution in [3.8, 4) is 5.75 Å². The number of hydrogen-bond donors (Lipinski definition) is 0. The molecule has 0 aromatic heterocycles. The van der Waals surface area contributed by atoms with Crippen molar-refractivity contribution in [1.82, 2.24) is 9.80 Å². The van der Waals surface area contributed by atoms with Crippen molar-refractivity contribution in [1.29, 1.82) is 0 Å². The van der Waals surface area contributed by atoms with Crippen LogP contribution in [0.2, 0.25) is 0 Å². The van der Waals surface area contributed by atoms with Crippen LogP contribution in [0.1, 0.15) is 58.8 Å². The minimum absolute atomic E-state index is 0.102. The molecular formula is C26H40FN3O2. The van der Waals surface area contributed by atoms with E-state index in [0.29, 0.717) is 18.7 Å². The largest absolute Gasteiger partial charge is 0.490 e. The molecule has 5 nitrogen and oxygen atoms in total. The van der Waals surface area contributed by atoms with Gasteiger partial charge in [0.25, 0.3) is 0 Å². The number of halogens is 1. The van der Waals surface area contributed by atoms with Crippen LogP contribution in [0.15, 0.2) is 18.2 Å². The first-order valence-electron chi connectivity index (χ1n) is 12.7. The monoisotopic (exact) mass is 445 g/mol. The molecule has 3 aliphatic rings. The Balaban J connectivity index is 1.29. The van der Waals surface area contributed by atoms with E-state index in [1.165, 1.54) is 31.7 Å². The van der Waals surface area contributed by atoms with Crippen LogP contribution in [0.3, 0.4) is 0 Å². The highest BCUT2D eigenvalue weighted by Crippen LogP contribution is 2.31. The first-order valence-corrected chi connectivity index (χ1v) is 12.7. The topological polar surface area (TPSA) is 36.0 Å². The Hall–Kier alpha value is -1.66. The van der Waals surface area contributed by atoms with Crippen molar-refractivity contribution in [3.05, 3.63) is 24.0 Å². The van der Waals surface area contributed by atoms with Gasteiger partial charge >= 0.3 is 0 Å². The minimum atomic E-state index is -0.376. The van der Waals surface area contributed by atoms with Gasteiger partial charge in [-0.3, -0.25) is 4.79 Å². The molecule has 3 unspecified atom stereocenters. The van der Waals surface area contributed by atoms with Crippen LogP contribution < -0.4 is 9.64 Å². The SMILES string of the molecule is CC1CC(C)CN(CCCOc2ccc(N3C(=O)CCC3CN3CCCCC3)cc2F)C1. The summed E-state index contributed by atoms with van der Waals surface area (Å²) in [7, 11) is 0. The van der Waals surface area contributed by atoms with E-state index in [-0.39, 0.29) is 23.5 Å². The molecule has 0 spiro atoms. The smallest absolute Gasteiger partial charge is 0.227 e. The second-order valence-corrected chi connectivity index (χ2v) is 10.3. The Morgan fingerprint density at radius 3 is 2.53 bits per heavy atom. The van der Waals surface area contributed by atoms with Crippen molar-refractivity contribution in [2.24, 2.45) is 11.8 Å². The summed E-state index contributed by atoms with van der Waals surface area (Å²) >= 11 is 0. The highest BCUT2D eigenvalue weighted by molar-refractivity contribution is 5.96. The molecule has 1 aromatic carbocycles. The van der Waals surface area contributed by atoms with Gasteiger partial charge in [-0.1, -0.05) is 20.3 Å². The van der Waals surface area contributed by atoms with Gasteiger partial charge in [-0.25, -0.2) is 4.39 Å². The molecule has 32 heavy (non-hydrogen) atoms. The zero-order valence-electron chi connectivity index (χ0n) is 19.9. The summed E-state index contributed by atoms with van der Waals surface area (Å²) in [6.07, 6.45) is 7.36. The molecule has 6 heteroatoms. The van der Waals surface area contributed by atoms with Crippen LogP contribution in [0.5, 0.6) is 5.75 Å². The van der Waals surface area contributed by atoms with Gasteiger partial charge in [-0.2, -0.15) is 0 Å². The van der Waals surface area contributed by atoms with E-state index >= 15 is 0 Å². The molecule has 0 aliphatic carbocycles. The Morgan fingerprint density at radius 2 is 1.81 bits per heavy atom. The third-order valence-electron chi connectivity index (χ3n) is 7.26. The molecule has 4 rings (SSSR count). The molecule has 3 aliphatic heterocycles. The van der Waals surface area contributed by atoms with E-state index in [0.717, 1.165) is 63.9 Å². The van der Waals surface area contributed by atoms with Gasteiger partial charge in [-0.15, -0.1) is 0 Å². The summed E-state index contributed by atoms with van der Waals surface area (Å²) in [5, 5.41) is 0. The Kier molecular flexibility index (Phi) is 8.06. The third-order valence-corrected chi connectivity index (χ3v) is 7.26. The van der Waals surface area contributed by atoms with E-state index < -0.39 is 0 Å². The van der Waals surface area contributed by atoms with Gasteiger partial charge < -0.3 is 19.4 Å². The lowest BCUT2D eigenvalue weighted by Gasteiger charge is -2.34. The molecule has 3 fully saturated rings. The van der Waals surface area contributed by atoms with Crippen molar-refractivity contribution in [3.63, 3.8) is 0 Å². The molecule has 0 bridgehead atoms.